The van der Waals surface area contributed by atoms with Crippen LogP contribution >= 0.6 is 0 Å². The summed E-state index contributed by atoms with van der Waals surface area (Å²) < 4.78 is 85.5. The fraction of sp³-hybridized carbons (Fsp3) is 0.481. The summed E-state index contributed by atoms with van der Waals surface area (Å²) in [6.07, 6.45) is -9.43. The van der Waals surface area contributed by atoms with E-state index in [9.17, 15) is 41.0 Å². The molecule has 0 aliphatic heterocycles. The molecule has 3 rings (SSSR count). The molecule has 0 heterocycles. The Hall–Kier alpha value is -3.44. The predicted molar refractivity (Wildman–Crippen MR) is 132 cm³/mol. The molecule has 2 amide bonds. The van der Waals surface area contributed by atoms with E-state index >= 15 is 0 Å². The third kappa shape index (κ3) is 6.96. The molecule has 0 fully saturated rings. The van der Waals surface area contributed by atoms with Crippen molar-refractivity contribution in [2.75, 3.05) is 18.1 Å². The number of anilines is 1. The maximum Gasteiger partial charge on any atom is 0.416 e. The van der Waals surface area contributed by atoms with Crippen LogP contribution in [0.3, 0.4) is 0 Å². The van der Waals surface area contributed by atoms with Gasteiger partial charge >= 0.3 is 24.5 Å². The van der Waals surface area contributed by atoms with Gasteiger partial charge in [-0.2, -0.15) is 26.3 Å². The quantitative estimate of drug-likeness (QED) is 0.334. The van der Waals surface area contributed by atoms with Gasteiger partial charge in [-0.05, 0) is 86.1 Å². The molecule has 0 aromatic heterocycles. The summed E-state index contributed by atoms with van der Waals surface area (Å²) in [5, 5.41) is 10.0. The largest absolute Gasteiger partial charge is 0.465 e. The minimum absolute atomic E-state index is 0.00138. The van der Waals surface area contributed by atoms with E-state index in [0.29, 0.717) is 29.8 Å². The molecule has 1 aliphatic rings. The monoisotopic (exact) mass is 560 g/mol. The Bertz CT molecular complexity index is 1180. The van der Waals surface area contributed by atoms with E-state index in [1.54, 1.807) is 19.1 Å². The molecule has 39 heavy (non-hydrogen) atoms. The molecule has 1 atom stereocenters. The molecule has 1 aliphatic carbocycles. The third-order valence-electron chi connectivity index (χ3n) is 6.63. The first-order valence-electron chi connectivity index (χ1n) is 12.5. The maximum absolute atomic E-state index is 13.4. The fourth-order valence-corrected chi connectivity index (χ4v) is 4.78. The normalized spacial score (nSPS) is 14.1. The zero-order valence-electron chi connectivity index (χ0n) is 21.7. The number of rotatable bonds is 8. The van der Waals surface area contributed by atoms with E-state index in [1.807, 2.05) is 6.92 Å². The number of carbonyl (C=O) groups excluding carboxylic acids is 1. The van der Waals surface area contributed by atoms with E-state index < -0.39 is 53.8 Å². The number of nitrogens with zero attached hydrogens (tertiary/aromatic N) is 2. The number of hydrogen-bond acceptors (Lipinski definition) is 3. The second-order valence-corrected chi connectivity index (χ2v) is 9.38. The van der Waals surface area contributed by atoms with Gasteiger partial charge in [0.05, 0.1) is 29.5 Å². The number of carbonyl (C=O) groups is 2. The van der Waals surface area contributed by atoms with Crippen molar-refractivity contribution in [3.05, 3.63) is 63.7 Å². The highest BCUT2D eigenvalue weighted by Crippen LogP contribution is 2.39. The number of ether oxygens (including phenoxy) is 1. The Morgan fingerprint density at radius 2 is 1.51 bits per heavy atom. The molecule has 0 spiro atoms. The summed E-state index contributed by atoms with van der Waals surface area (Å²) in [6, 6.07) is 3.58. The lowest BCUT2D eigenvalue weighted by Crippen LogP contribution is -2.36. The van der Waals surface area contributed by atoms with Gasteiger partial charge in [0, 0.05) is 13.1 Å². The molecule has 0 radical (unpaired) electrons. The van der Waals surface area contributed by atoms with Crippen LogP contribution in [0.25, 0.3) is 0 Å². The molecule has 6 nitrogen and oxygen atoms in total. The molecule has 2 aromatic rings. The molecule has 1 unspecified atom stereocenters. The number of carboxylic acid groups (broad SMARTS) is 1. The number of aryl methyl sites for hydroxylation is 2. The summed E-state index contributed by atoms with van der Waals surface area (Å²) in [5.74, 6) is 0. The standard InChI is InChI=1S/C27H30F6N2O4/c1-4-9-34(25(38)39-5-2)23-13-19-8-6-7-18(19)12-22(23)16(3)35(24(36)37)15-17-10-20(26(28,29)30)14-21(11-17)27(31,32)33/h10-14,16H,4-9,15H2,1-3H3,(H,36,37). The van der Waals surface area contributed by atoms with E-state index in [1.165, 1.54) is 11.8 Å². The van der Waals surface area contributed by atoms with Gasteiger partial charge in [-0.25, -0.2) is 9.59 Å². The van der Waals surface area contributed by atoms with Gasteiger partial charge in [0.2, 0.25) is 0 Å². The lowest BCUT2D eigenvalue weighted by atomic mass is 9.97. The van der Waals surface area contributed by atoms with Gasteiger partial charge in [-0.15, -0.1) is 0 Å². The zero-order valence-corrected chi connectivity index (χ0v) is 21.7. The van der Waals surface area contributed by atoms with Gasteiger partial charge < -0.3 is 9.84 Å². The van der Waals surface area contributed by atoms with Crippen LogP contribution in [0.2, 0.25) is 0 Å². The summed E-state index contributed by atoms with van der Waals surface area (Å²) in [6.45, 7) is 4.60. The first kappa shape index (κ1) is 30.1. The number of benzene rings is 2. The van der Waals surface area contributed by atoms with Crippen molar-refractivity contribution in [2.24, 2.45) is 0 Å². The lowest BCUT2D eigenvalue weighted by molar-refractivity contribution is -0.143. The van der Waals surface area contributed by atoms with Crippen LogP contribution in [-0.4, -0.2) is 35.3 Å². The van der Waals surface area contributed by atoms with Gasteiger partial charge in [-0.1, -0.05) is 13.0 Å². The summed E-state index contributed by atoms with van der Waals surface area (Å²) in [5.41, 5.74) is -0.784. The molecular weight excluding hydrogens is 530 g/mol. The number of amides is 2. The van der Waals surface area contributed by atoms with Crippen LogP contribution in [0, 0.1) is 0 Å². The number of alkyl halides is 6. The average molecular weight is 561 g/mol. The second-order valence-electron chi connectivity index (χ2n) is 9.38. The molecular formula is C27H30F6N2O4. The average Bonchev–Trinajstić information content (AvgIpc) is 3.31. The maximum atomic E-state index is 13.4. The summed E-state index contributed by atoms with van der Waals surface area (Å²) in [4.78, 5) is 27.3. The molecule has 0 saturated carbocycles. The van der Waals surface area contributed by atoms with Gasteiger partial charge in [0.15, 0.2) is 0 Å². The van der Waals surface area contributed by atoms with Crippen molar-refractivity contribution >= 4 is 17.9 Å². The highest BCUT2D eigenvalue weighted by molar-refractivity contribution is 5.89. The van der Waals surface area contributed by atoms with Crippen molar-refractivity contribution in [2.45, 2.75) is 71.4 Å². The van der Waals surface area contributed by atoms with Crippen LogP contribution in [-0.2, 0) is 36.5 Å². The molecule has 1 N–H and O–H groups in total. The Morgan fingerprint density at radius 1 is 0.949 bits per heavy atom. The molecule has 214 valence electrons. The van der Waals surface area contributed by atoms with E-state index in [4.69, 9.17) is 4.74 Å². The number of hydrogen-bond donors (Lipinski definition) is 1. The lowest BCUT2D eigenvalue weighted by Gasteiger charge is -2.32. The van der Waals surface area contributed by atoms with Crippen LogP contribution in [0.15, 0.2) is 30.3 Å². The van der Waals surface area contributed by atoms with Crippen molar-refractivity contribution in [3.63, 3.8) is 0 Å². The number of halogens is 6. The first-order valence-corrected chi connectivity index (χ1v) is 12.5. The molecule has 2 aromatic carbocycles. The van der Waals surface area contributed by atoms with Gasteiger partial charge in [0.25, 0.3) is 0 Å². The van der Waals surface area contributed by atoms with E-state index in [-0.39, 0.29) is 19.2 Å². The van der Waals surface area contributed by atoms with Crippen LogP contribution < -0.4 is 4.90 Å². The van der Waals surface area contributed by atoms with Crippen molar-refractivity contribution in [1.29, 1.82) is 0 Å². The van der Waals surface area contributed by atoms with E-state index in [0.717, 1.165) is 35.3 Å². The number of fused-ring (bicyclic) bond motifs is 1. The van der Waals surface area contributed by atoms with Gasteiger partial charge in [-0.3, -0.25) is 9.80 Å². The third-order valence-corrected chi connectivity index (χ3v) is 6.63. The Balaban J connectivity index is 2.11. The Labute approximate surface area is 222 Å². The fourth-order valence-electron chi connectivity index (χ4n) is 4.78. The molecule has 0 bridgehead atoms. The second kappa shape index (κ2) is 11.7. The highest BCUT2D eigenvalue weighted by Gasteiger charge is 2.37. The zero-order chi connectivity index (χ0) is 29.1. The van der Waals surface area contributed by atoms with Crippen LogP contribution in [0.1, 0.15) is 73.0 Å². The van der Waals surface area contributed by atoms with Gasteiger partial charge in [0.1, 0.15) is 0 Å². The first-order chi connectivity index (χ1) is 18.2. The topological polar surface area (TPSA) is 70.1 Å². The minimum Gasteiger partial charge on any atom is -0.465 e. The summed E-state index contributed by atoms with van der Waals surface area (Å²) in [7, 11) is 0. The van der Waals surface area contributed by atoms with Crippen molar-refractivity contribution in [1.82, 2.24) is 4.90 Å². The van der Waals surface area contributed by atoms with Crippen LogP contribution in [0.4, 0.5) is 41.6 Å². The smallest absolute Gasteiger partial charge is 0.416 e. The Morgan fingerprint density at radius 3 is 2.00 bits per heavy atom. The van der Waals surface area contributed by atoms with Crippen molar-refractivity contribution in [3.8, 4) is 0 Å². The predicted octanol–water partition coefficient (Wildman–Crippen LogP) is 7.83. The molecule has 0 saturated heterocycles. The summed E-state index contributed by atoms with van der Waals surface area (Å²) >= 11 is 0. The minimum atomic E-state index is -5.07. The van der Waals surface area contributed by atoms with Crippen LogP contribution in [0.5, 0.6) is 0 Å². The van der Waals surface area contributed by atoms with E-state index in [2.05, 4.69) is 0 Å². The van der Waals surface area contributed by atoms with Crippen molar-refractivity contribution < 1.29 is 45.8 Å². The molecule has 12 heteroatoms. The highest BCUT2D eigenvalue weighted by atomic mass is 19.4. The Kier molecular flexibility index (Phi) is 9.07. The SMILES string of the molecule is CCCN(C(=O)OCC)c1cc2c(cc1C(C)N(Cc1cc(C(F)(F)F)cc(C(F)(F)F)c1)C(=O)O)CCC2.